The maximum atomic E-state index is 11.8. The van der Waals surface area contributed by atoms with Gasteiger partial charge < -0.3 is 9.16 Å². The molecule has 0 spiro atoms. The van der Waals surface area contributed by atoms with Crippen LogP contribution in [0, 0.1) is 0 Å². The van der Waals surface area contributed by atoms with Crippen LogP contribution < -0.4 is 4.90 Å². The predicted molar refractivity (Wildman–Crippen MR) is 91.8 cm³/mol. The van der Waals surface area contributed by atoms with Crippen molar-refractivity contribution < 1.29 is 14.0 Å². The van der Waals surface area contributed by atoms with Crippen molar-refractivity contribution in [2.45, 2.75) is 45.5 Å². The summed E-state index contributed by atoms with van der Waals surface area (Å²) in [5, 5.41) is 0.124. The minimum Gasteiger partial charge on any atom is -0.433 e. The number of anilines is 1. The summed E-state index contributed by atoms with van der Waals surface area (Å²) in [4.78, 5) is 17.4. The van der Waals surface area contributed by atoms with E-state index in [1.165, 1.54) is 4.90 Å². The molecular formula is C15H25ClN2O3Si. The lowest BCUT2D eigenvalue weighted by Crippen LogP contribution is -2.40. The fourth-order valence-corrected chi connectivity index (χ4v) is 2.59. The number of aromatic nitrogens is 1. The van der Waals surface area contributed by atoms with Crippen LogP contribution in [0.5, 0.6) is 0 Å². The Morgan fingerprint density at radius 2 is 2.05 bits per heavy atom. The summed E-state index contributed by atoms with van der Waals surface area (Å²) in [6.07, 6.45) is 1.10. The van der Waals surface area contributed by atoms with Gasteiger partial charge in [0, 0.05) is 18.8 Å². The van der Waals surface area contributed by atoms with Crippen LogP contribution in [0.2, 0.25) is 18.1 Å². The van der Waals surface area contributed by atoms with Crippen LogP contribution >= 0.6 is 11.6 Å². The molecule has 1 amide bonds. The largest absolute Gasteiger partial charge is 0.433 e. The number of alkyl halides is 1. The number of nitrogens with zero attached hydrogens (tertiary/aromatic N) is 2. The van der Waals surface area contributed by atoms with Gasteiger partial charge in [0.1, 0.15) is 5.82 Å². The van der Waals surface area contributed by atoms with E-state index in [1.807, 2.05) is 12.1 Å². The van der Waals surface area contributed by atoms with Gasteiger partial charge in [-0.2, -0.15) is 0 Å². The molecular weight excluding hydrogens is 320 g/mol. The zero-order valence-electron chi connectivity index (χ0n) is 14.1. The smallest absolute Gasteiger partial charge is 0.416 e. The zero-order valence-corrected chi connectivity index (χ0v) is 15.9. The Morgan fingerprint density at radius 1 is 1.41 bits per heavy atom. The average molecular weight is 345 g/mol. The first-order chi connectivity index (χ1) is 10.1. The van der Waals surface area contributed by atoms with Gasteiger partial charge in [-0.1, -0.05) is 38.4 Å². The molecule has 0 aromatic carbocycles. The fraction of sp³-hybridized carbons (Fsp3) is 0.600. The van der Waals surface area contributed by atoms with E-state index in [0.29, 0.717) is 12.4 Å². The number of pyridine rings is 1. The summed E-state index contributed by atoms with van der Waals surface area (Å²) in [5.41, 5.74) is 0.848. The van der Waals surface area contributed by atoms with Gasteiger partial charge in [-0.05, 0) is 24.2 Å². The van der Waals surface area contributed by atoms with E-state index in [1.54, 1.807) is 13.2 Å². The van der Waals surface area contributed by atoms with Gasteiger partial charge >= 0.3 is 6.09 Å². The second kappa shape index (κ2) is 7.44. The molecule has 0 aliphatic heterocycles. The van der Waals surface area contributed by atoms with Crippen LogP contribution in [-0.4, -0.2) is 32.5 Å². The summed E-state index contributed by atoms with van der Waals surface area (Å²) in [5.74, 6) is 0.524. The number of hydrogen-bond acceptors (Lipinski definition) is 4. The van der Waals surface area contributed by atoms with Gasteiger partial charge in [0.2, 0.25) is 0 Å². The summed E-state index contributed by atoms with van der Waals surface area (Å²) < 4.78 is 11.0. The van der Waals surface area contributed by atoms with Crippen LogP contribution in [-0.2, 0) is 15.8 Å². The van der Waals surface area contributed by atoms with Crippen LogP contribution in [0.15, 0.2) is 18.3 Å². The van der Waals surface area contributed by atoms with Gasteiger partial charge in [-0.25, -0.2) is 9.78 Å². The number of carbonyl (C=O) groups excluding carboxylic acids is 1. The molecule has 0 saturated carbocycles. The third kappa shape index (κ3) is 4.69. The Morgan fingerprint density at radius 3 is 2.59 bits per heavy atom. The first-order valence-electron chi connectivity index (χ1n) is 7.14. The van der Waals surface area contributed by atoms with Crippen molar-refractivity contribution in [3.63, 3.8) is 0 Å². The molecule has 0 bridgehead atoms. The Hall–Kier alpha value is -1.11. The second-order valence-electron chi connectivity index (χ2n) is 6.61. The van der Waals surface area contributed by atoms with Gasteiger partial charge in [0.15, 0.2) is 14.4 Å². The minimum absolute atomic E-state index is 0.124. The van der Waals surface area contributed by atoms with E-state index in [9.17, 15) is 4.79 Å². The molecule has 0 saturated heterocycles. The molecule has 1 aromatic heterocycles. The highest BCUT2D eigenvalue weighted by molar-refractivity contribution is 6.74. The van der Waals surface area contributed by atoms with Crippen LogP contribution in [0.4, 0.5) is 10.6 Å². The molecule has 0 atom stereocenters. The normalized spacial score (nSPS) is 12.1. The highest BCUT2D eigenvalue weighted by atomic mass is 35.5. The van der Waals surface area contributed by atoms with Gasteiger partial charge in [-0.3, -0.25) is 4.90 Å². The lowest BCUT2D eigenvalue weighted by molar-refractivity contribution is 0.173. The van der Waals surface area contributed by atoms with E-state index in [0.717, 1.165) is 5.56 Å². The molecule has 0 radical (unpaired) electrons. The highest BCUT2D eigenvalue weighted by Crippen LogP contribution is 2.37. The van der Waals surface area contributed by atoms with Crippen molar-refractivity contribution >= 4 is 31.8 Å². The fourth-order valence-electron chi connectivity index (χ4n) is 1.55. The Bertz CT molecular complexity index is 518. The third-order valence-electron chi connectivity index (χ3n) is 4.03. The molecule has 0 unspecified atom stereocenters. The summed E-state index contributed by atoms with van der Waals surface area (Å²) in [6.45, 7) is 11.4. The van der Waals surface area contributed by atoms with E-state index < -0.39 is 14.4 Å². The summed E-state index contributed by atoms with van der Waals surface area (Å²) >= 11 is 5.43. The van der Waals surface area contributed by atoms with Gasteiger partial charge in [-0.15, -0.1) is 0 Å². The minimum atomic E-state index is -1.87. The number of carbonyl (C=O) groups is 1. The van der Waals surface area contributed by atoms with E-state index in [4.69, 9.17) is 20.8 Å². The molecule has 0 fully saturated rings. The molecule has 1 aromatic rings. The Labute approximate surface area is 138 Å². The molecule has 7 heteroatoms. The summed E-state index contributed by atoms with van der Waals surface area (Å²) in [7, 11) is -0.267. The van der Waals surface area contributed by atoms with Crippen LogP contribution in [0.1, 0.15) is 26.3 Å². The first kappa shape index (κ1) is 18.9. The number of amides is 1. The van der Waals surface area contributed by atoms with Crippen molar-refractivity contribution in [3.8, 4) is 0 Å². The number of hydrogen-bond donors (Lipinski definition) is 0. The van der Waals surface area contributed by atoms with Gasteiger partial charge in [0.25, 0.3) is 0 Å². The molecule has 1 heterocycles. The van der Waals surface area contributed by atoms with Gasteiger partial charge in [0.05, 0.1) is 6.61 Å². The molecule has 0 N–H and O–H groups in total. The SMILES string of the molecule is CN(C(=O)OCCl)c1ncccc1CO[Si](C)(C)C(C)(C)C. The molecule has 1 rings (SSSR count). The first-order valence-corrected chi connectivity index (χ1v) is 10.6. The molecule has 124 valence electrons. The van der Waals surface area contributed by atoms with Crippen molar-refractivity contribution in [2.75, 3.05) is 18.0 Å². The average Bonchev–Trinajstić information content (AvgIpc) is 2.44. The molecule has 22 heavy (non-hydrogen) atoms. The van der Waals surface area contributed by atoms with Crippen molar-refractivity contribution in [3.05, 3.63) is 23.9 Å². The number of ether oxygens (including phenoxy) is 1. The predicted octanol–water partition coefficient (Wildman–Crippen LogP) is 4.37. The third-order valence-corrected chi connectivity index (χ3v) is 8.62. The lowest BCUT2D eigenvalue weighted by Gasteiger charge is -2.36. The monoisotopic (exact) mass is 344 g/mol. The quantitative estimate of drug-likeness (QED) is 0.587. The number of rotatable bonds is 5. The topological polar surface area (TPSA) is 51.7 Å². The maximum absolute atomic E-state index is 11.8. The zero-order chi connectivity index (χ0) is 17.0. The molecule has 5 nitrogen and oxygen atoms in total. The van der Waals surface area contributed by atoms with Crippen LogP contribution in [0.25, 0.3) is 0 Å². The number of halogens is 1. The lowest BCUT2D eigenvalue weighted by atomic mass is 10.2. The highest BCUT2D eigenvalue weighted by Gasteiger charge is 2.37. The Kier molecular flexibility index (Phi) is 6.40. The van der Waals surface area contributed by atoms with Crippen molar-refractivity contribution in [2.24, 2.45) is 0 Å². The second-order valence-corrected chi connectivity index (χ2v) is 11.6. The van der Waals surface area contributed by atoms with E-state index in [2.05, 4.69) is 38.8 Å². The molecule has 0 aliphatic carbocycles. The summed E-state index contributed by atoms with van der Waals surface area (Å²) in [6, 6.07) is 3.54. The standard InChI is InChI=1S/C15H25ClN2O3Si/c1-15(2,3)22(5,6)21-10-12-8-7-9-17-13(12)18(4)14(19)20-11-16/h7-9H,10-11H2,1-6H3. The molecule has 0 aliphatic rings. The maximum Gasteiger partial charge on any atom is 0.416 e. The van der Waals surface area contributed by atoms with E-state index >= 15 is 0 Å². The van der Waals surface area contributed by atoms with E-state index in [-0.39, 0.29) is 11.1 Å². The van der Waals surface area contributed by atoms with Crippen molar-refractivity contribution in [1.82, 2.24) is 4.98 Å². The Balaban J connectivity index is 2.91. The van der Waals surface area contributed by atoms with Crippen molar-refractivity contribution in [1.29, 1.82) is 0 Å². The van der Waals surface area contributed by atoms with Crippen LogP contribution in [0.3, 0.4) is 0 Å².